The second kappa shape index (κ2) is 6.53. The highest BCUT2D eigenvalue weighted by molar-refractivity contribution is 6.49. The average molecular weight is 330 g/mol. The number of nitriles is 1. The average Bonchev–Trinajstić information content (AvgIpc) is 2.59. The van der Waals surface area contributed by atoms with E-state index in [1.165, 1.54) is 0 Å². The monoisotopic (exact) mass is 329 g/mol. The van der Waals surface area contributed by atoms with Gasteiger partial charge in [0.15, 0.2) is 0 Å². The van der Waals surface area contributed by atoms with Gasteiger partial charge in [-0.05, 0) is 0 Å². The van der Waals surface area contributed by atoms with Crippen LogP contribution in [-0.4, -0.2) is 54.1 Å². The minimum absolute atomic E-state index is 0.0131. The number of ketones is 2. The van der Waals surface area contributed by atoms with Crippen LogP contribution in [0.1, 0.15) is 27.1 Å². The molecule has 0 unspecified atom stereocenters. The van der Waals surface area contributed by atoms with Gasteiger partial charge in [-0.3, -0.25) is 14.5 Å². The van der Waals surface area contributed by atoms with Crippen LogP contribution in [0.15, 0.2) is 35.0 Å². The number of carbonyl (C=O) groups is 2. The van der Waals surface area contributed by atoms with Crippen LogP contribution in [0.2, 0.25) is 0 Å². The van der Waals surface area contributed by atoms with E-state index in [-0.39, 0.29) is 16.6 Å². The number of fused-ring (bicyclic) bond motifs is 1. The van der Waals surface area contributed by atoms with Crippen LogP contribution in [0.25, 0.3) is 0 Å². The van der Waals surface area contributed by atoms with Crippen molar-refractivity contribution < 1.29 is 9.59 Å². The van der Waals surface area contributed by atoms with E-state index in [9.17, 15) is 9.59 Å². The van der Waals surface area contributed by atoms with E-state index in [0.29, 0.717) is 36.3 Å². The van der Waals surface area contributed by atoms with E-state index >= 15 is 0 Å². The SMILES string of the molecule is N#CCCN1CCN(C2=C(Cl)C(=O)c3ccccc3C2=O)CC1. The number of hydrogen-bond donors (Lipinski definition) is 0. The van der Waals surface area contributed by atoms with Crippen LogP contribution in [0.3, 0.4) is 0 Å². The van der Waals surface area contributed by atoms with Gasteiger partial charge in [0.05, 0.1) is 6.07 Å². The van der Waals surface area contributed by atoms with Crippen LogP contribution in [-0.2, 0) is 0 Å². The quantitative estimate of drug-likeness (QED) is 0.849. The highest BCUT2D eigenvalue weighted by Gasteiger charge is 2.35. The lowest BCUT2D eigenvalue weighted by Crippen LogP contribution is -2.48. The first-order valence-electron chi connectivity index (χ1n) is 7.56. The van der Waals surface area contributed by atoms with E-state index in [1.54, 1.807) is 24.3 Å². The Labute approximate surface area is 139 Å². The lowest BCUT2D eigenvalue weighted by molar-refractivity contribution is 0.0913. The number of carbonyl (C=O) groups excluding carboxylic acids is 2. The predicted molar refractivity (Wildman–Crippen MR) is 86.2 cm³/mol. The molecule has 0 bridgehead atoms. The molecule has 2 aliphatic rings. The van der Waals surface area contributed by atoms with Gasteiger partial charge in [-0.25, -0.2) is 0 Å². The fourth-order valence-corrected chi connectivity index (χ4v) is 3.32. The Kier molecular flexibility index (Phi) is 4.46. The molecule has 0 N–H and O–H groups in total. The molecule has 0 radical (unpaired) electrons. The maximum absolute atomic E-state index is 12.7. The first-order chi connectivity index (χ1) is 11.1. The molecule has 1 heterocycles. The number of benzene rings is 1. The molecule has 5 nitrogen and oxygen atoms in total. The van der Waals surface area contributed by atoms with Gasteiger partial charge in [0, 0.05) is 50.3 Å². The molecule has 6 heteroatoms. The molecule has 0 atom stereocenters. The van der Waals surface area contributed by atoms with Gasteiger partial charge in [0.25, 0.3) is 0 Å². The Hall–Kier alpha value is -2.16. The first-order valence-corrected chi connectivity index (χ1v) is 7.93. The number of piperazine rings is 1. The minimum atomic E-state index is -0.288. The van der Waals surface area contributed by atoms with E-state index in [0.717, 1.165) is 19.6 Å². The van der Waals surface area contributed by atoms with Crippen molar-refractivity contribution in [2.75, 3.05) is 32.7 Å². The molecule has 1 aromatic carbocycles. The van der Waals surface area contributed by atoms with E-state index in [2.05, 4.69) is 11.0 Å². The third-order valence-electron chi connectivity index (χ3n) is 4.27. The summed E-state index contributed by atoms with van der Waals surface area (Å²) in [6.45, 7) is 3.47. The molecule has 1 aliphatic carbocycles. The standard InChI is InChI=1S/C17H16ClN3O2/c18-14-15(21-10-8-20(9-11-21)7-3-6-19)17(23)13-5-2-1-4-12(13)16(14)22/h1-2,4-5H,3,7-11H2. The fourth-order valence-electron chi connectivity index (χ4n) is 3.02. The number of halogens is 1. The van der Waals surface area contributed by atoms with Gasteiger partial charge in [0.1, 0.15) is 10.7 Å². The molecule has 23 heavy (non-hydrogen) atoms. The highest BCUT2D eigenvalue weighted by Crippen LogP contribution is 2.30. The van der Waals surface area contributed by atoms with Crippen molar-refractivity contribution >= 4 is 23.2 Å². The van der Waals surface area contributed by atoms with Gasteiger partial charge in [-0.15, -0.1) is 0 Å². The van der Waals surface area contributed by atoms with Crippen LogP contribution in [0, 0.1) is 11.3 Å². The van der Waals surface area contributed by atoms with Gasteiger partial charge in [-0.1, -0.05) is 35.9 Å². The molecule has 1 saturated heterocycles. The third kappa shape index (κ3) is 2.88. The highest BCUT2D eigenvalue weighted by atomic mass is 35.5. The smallest absolute Gasteiger partial charge is 0.211 e. The summed E-state index contributed by atoms with van der Waals surface area (Å²) in [4.78, 5) is 29.2. The van der Waals surface area contributed by atoms with Crippen LogP contribution >= 0.6 is 11.6 Å². The maximum Gasteiger partial charge on any atom is 0.211 e. The first kappa shape index (κ1) is 15.7. The Morgan fingerprint density at radius 2 is 1.65 bits per heavy atom. The maximum atomic E-state index is 12.7. The summed E-state index contributed by atoms with van der Waals surface area (Å²) in [7, 11) is 0. The zero-order valence-corrected chi connectivity index (χ0v) is 13.3. The summed E-state index contributed by atoms with van der Waals surface area (Å²) in [6, 6.07) is 8.92. The number of allylic oxidation sites excluding steroid dienone is 2. The molecular formula is C17H16ClN3O2. The summed E-state index contributed by atoms with van der Waals surface area (Å²) < 4.78 is 0. The number of Topliss-reactive ketones (excluding diaryl/α,β-unsaturated/α-hetero) is 2. The third-order valence-corrected chi connectivity index (χ3v) is 4.62. The predicted octanol–water partition coefficient (Wildman–Crippen LogP) is 2.05. The van der Waals surface area contributed by atoms with Crippen LogP contribution < -0.4 is 0 Å². The normalized spacial score (nSPS) is 18.9. The Morgan fingerprint density at radius 1 is 1.04 bits per heavy atom. The van der Waals surface area contributed by atoms with Crippen molar-refractivity contribution in [3.8, 4) is 6.07 Å². The van der Waals surface area contributed by atoms with Crippen LogP contribution in [0.4, 0.5) is 0 Å². The molecule has 1 fully saturated rings. The summed E-state index contributed by atoms with van der Waals surface area (Å²) in [5.41, 5.74) is 1.11. The Bertz CT molecular complexity index is 728. The van der Waals surface area contributed by atoms with Crippen molar-refractivity contribution in [1.29, 1.82) is 5.26 Å². The molecule has 0 saturated carbocycles. The van der Waals surface area contributed by atoms with Gasteiger partial charge in [-0.2, -0.15) is 5.26 Å². The molecule has 1 aromatic rings. The van der Waals surface area contributed by atoms with E-state index < -0.39 is 0 Å². The molecule has 0 aromatic heterocycles. The van der Waals surface area contributed by atoms with Crippen molar-refractivity contribution in [3.05, 3.63) is 46.1 Å². The molecule has 0 spiro atoms. The summed E-state index contributed by atoms with van der Waals surface area (Å²) >= 11 is 6.22. The largest absolute Gasteiger partial charge is 0.364 e. The lowest BCUT2D eigenvalue weighted by atomic mass is 9.91. The minimum Gasteiger partial charge on any atom is -0.364 e. The molecule has 3 rings (SSSR count). The zero-order chi connectivity index (χ0) is 16.4. The summed E-state index contributed by atoms with van der Waals surface area (Å²) in [5, 5.41) is 8.66. The number of rotatable bonds is 3. The second-order valence-corrected chi connectivity index (χ2v) is 5.98. The van der Waals surface area contributed by atoms with Gasteiger partial charge < -0.3 is 4.90 Å². The summed E-state index contributed by atoms with van der Waals surface area (Å²) in [6.07, 6.45) is 0.494. The topological polar surface area (TPSA) is 64.4 Å². The lowest BCUT2D eigenvalue weighted by Gasteiger charge is -2.37. The van der Waals surface area contributed by atoms with E-state index in [4.69, 9.17) is 16.9 Å². The van der Waals surface area contributed by atoms with E-state index in [1.807, 2.05) is 4.90 Å². The zero-order valence-electron chi connectivity index (χ0n) is 12.6. The van der Waals surface area contributed by atoms with Gasteiger partial charge >= 0.3 is 0 Å². The fraction of sp³-hybridized carbons (Fsp3) is 0.353. The Morgan fingerprint density at radius 3 is 2.26 bits per heavy atom. The van der Waals surface area contributed by atoms with Crippen molar-refractivity contribution in [2.24, 2.45) is 0 Å². The van der Waals surface area contributed by atoms with Crippen molar-refractivity contribution in [3.63, 3.8) is 0 Å². The Balaban J connectivity index is 1.81. The van der Waals surface area contributed by atoms with Crippen molar-refractivity contribution in [1.82, 2.24) is 9.80 Å². The van der Waals surface area contributed by atoms with Crippen LogP contribution in [0.5, 0.6) is 0 Å². The summed E-state index contributed by atoms with van der Waals surface area (Å²) in [5.74, 6) is -0.473. The number of hydrogen-bond acceptors (Lipinski definition) is 5. The molecule has 118 valence electrons. The second-order valence-electron chi connectivity index (χ2n) is 5.60. The molecule has 1 aliphatic heterocycles. The number of nitrogens with zero attached hydrogens (tertiary/aromatic N) is 3. The molecular weight excluding hydrogens is 314 g/mol. The van der Waals surface area contributed by atoms with Gasteiger partial charge in [0.2, 0.25) is 11.6 Å². The van der Waals surface area contributed by atoms with Crippen molar-refractivity contribution in [2.45, 2.75) is 6.42 Å². The molecule has 0 amide bonds.